The highest BCUT2D eigenvalue weighted by Gasteiger charge is 2.12. The molecule has 4 nitrogen and oxygen atoms in total. The van der Waals surface area contributed by atoms with E-state index in [2.05, 4.69) is 5.32 Å². The minimum Gasteiger partial charge on any atom is -0.481 e. The van der Waals surface area contributed by atoms with Crippen molar-refractivity contribution in [3.05, 3.63) is 89.7 Å². The van der Waals surface area contributed by atoms with Crippen LogP contribution in [0.3, 0.4) is 0 Å². The number of aliphatic carboxylic acids is 1. The predicted octanol–water partition coefficient (Wildman–Crippen LogP) is 4.37. The van der Waals surface area contributed by atoms with E-state index in [1.807, 2.05) is 6.07 Å². The van der Waals surface area contributed by atoms with Gasteiger partial charge in [0, 0.05) is 16.8 Å². The summed E-state index contributed by atoms with van der Waals surface area (Å²) in [6.45, 7) is 0. The lowest BCUT2D eigenvalue weighted by atomic mass is 10.0. The Morgan fingerprint density at radius 3 is 2.42 bits per heavy atom. The molecule has 3 aromatic rings. The highest BCUT2D eigenvalue weighted by Crippen LogP contribution is 2.24. The summed E-state index contributed by atoms with van der Waals surface area (Å²) in [7, 11) is 0. The Kier molecular flexibility index (Phi) is 5.08. The summed E-state index contributed by atoms with van der Waals surface area (Å²) >= 11 is 0. The number of halogens is 1. The van der Waals surface area contributed by atoms with Crippen molar-refractivity contribution >= 4 is 17.6 Å². The summed E-state index contributed by atoms with van der Waals surface area (Å²) in [4.78, 5) is 23.3. The van der Waals surface area contributed by atoms with Gasteiger partial charge in [0.1, 0.15) is 5.82 Å². The van der Waals surface area contributed by atoms with Crippen molar-refractivity contribution in [2.24, 2.45) is 0 Å². The van der Waals surface area contributed by atoms with Crippen LogP contribution in [-0.2, 0) is 11.2 Å². The van der Waals surface area contributed by atoms with Crippen LogP contribution in [0.15, 0.2) is 72.8 Å². The third-order valence-corrected chi connectivity index (χ3v) is 3.85. The molecular weight excluding hydrogens is 333 g/mol. The van der Waals surface area contributed by atoms with E-state index in [4.69, 9.17) is 5.11 Å². The number of nitrogens with one attached hydrogen (secondary N) is 1. The van der Waals surface area contributed by atoms with Gasteiger partial charge in [-0.15, -0.1) is 0 Å². The average molecular weight is 349 g/mol. The Morgan fingerprint density at radius 2 is 1.69 bits per heavy atom. The topological polar surface area (TPSA) is 66.4 Å². The van der Waals surface area contributed by atoms with E-state index in [-0.39, 0.29) is 6.42 Å². The third-order valence-electron chi connectivity index (χ3n) is 3.85. The lowest BCUT2D eigenvalue weighted by Gasteiger charge is -2.09. The number of carbonyl (C=O) groups excluding carboxylic acids is 1. The van der Waals surface area contributed by atoms with Gasteiger partial charge >= 0.3 is 5.97 Å². The maximum atomic E-state index is 14.1. The first-order chi connectivity index (χ1) is 12.5. The summed E-state index contributed by atoms with van der Waals surface area (Å²) in [5.41, 5.74) is 2.41. The molecule has 26 heavy (non-hydrogen) atoms. The Balaban J connectivity index is 1.84. The number of rotatable bonds is 5. The molecule has 3 aromatic carbocycles. The Labute approximate surface area is 149 Å². The van der Waals surface area contributed by atoms with E-state index < -0.39 is 17.7 Å². The number of hydrogen-bond donors (Lipinski definition) is 2. The van der Waals surface area contributed by atoms with Crippen molar-refractivity contribution in [2.45, 2.75) is 6.42 Å². The number of hydrogen-bond acceptors (Lipinski definition) is 2. The molecule has 0 aliphatic heterocycles. The van der Waals surface area contributed by atoms with Crippen LogP contribution in [0, 0.1) is 5.82 Å². The fourth-order valence-corrected chi connectivity index (χ4v) is 2.64. The SMILES string of the molecule is O=C(O)Cc1cccc(NC(=O)c2ccc(F)c(-c3ccccc3)c2)c1. The third kappa shape index (κ3) is 4.13. The number of carboxylic acid groups (broad SMARTS) is 1. The van der Waals surface area contributed by atoms with Crippen LogP contribution < -0.4 is 5.32 Å². The Bertz CT molecular complexity index is 954. The molecule has 0 unspecified atom stereocenters. The van der Waals surface area contributed by atoms with Crippen LogP contribution in [-0.4, -0.2) is 17.0 Å². The molecular formula is C21H16FNO3. The largest absolute Gasteiger partial charge is 0.481 e. The van der Waals surface area contributed by atoms with Gasteiger partial charge in [0.25, 0.3) is 5.91 Å². The second-order valence-electron chi connectivity index (χ2n) is 5.79. The first-order valence-electron chi connectivity index (χ1n) is 8.00. The molecule has 0 aromatic heterocycles. The maximum Gasteiger partial charge on any atom is 0.307 e. The number of amides is 1. The Hall–Kier alpha value is -3.47. The lowest BCUT2D eigenvalue weighted by molar-refractivity contribution is -0.136. The Morgan fingerprint density at radius 1 is 0.923 bits per heavy atom. The zero-order chi connectivity index (χ0) is 18.5. The molecule has 0 aliphatic carbocycles. The van der Waals surface area contributed by atoms with Crippen LogP contribution in [0.5, 0.6) is 0 Å². The molecule has 0 atom stereocenters. The molecule has 0 bridgehead atoms. The molecule has 5 heteroatoms. The smallest absolute Gasteiger partial charge is 0.307 e. The molecule has 3 rings (SSSR count). The van der Waals surface area contributed by atoms with Gasteiger partial charge in [0.15, 0.2) is 0 Å². The van der Waals surface area contributed by atoms with Gasteiger partial charge < -0.3 is 10.4 Å². The summed E-state index contributed by atoms with van der Waals surface area (Å²) < 4.78 is 14.1. The van der Waals surface area contributed by atoms with E-state index in [0.29, 0.717) is 27.9 Å². The molecule has 2 N–H and O–H groups in total. The molecule has 0 fully saturated rings. The minimum atomic E-state index is -0.945. The van der Waals surface area contributed by atoms with E-state index in [9.17, 15) is 14.0 Å². The van der Waals surface area contributed by atoms with Gasteiger partial charge in [-0.05, 0) is 41.5 Å². The lowest BCUT2D eigenvalue weighted by Crippen LogP contribution is -2.12. The summed E-state index contributed by atoms with van der Waals surface area (Å²) in [6, 6.07) is 19.8. The normalized spacial score (nSPS) is 10.3. The fraction of sp³-hybridized carbons (Fsp3) is 0.0476. The second kappa shape index (κ2) is 7.61. The van der Waals surface area contributed by atoms with Gasteiger partial charge in [0.2, 0.25) is 0 Å². The molecule has 0 saturated heterocycles. The molecule has 0 heterocycles. The van der Waals surface area contributed by atoms with Crippen LogP contribution >= 0.6 is 0 Å². The molecule has 1 amide bonds. The van der Waals surface area contributed by atoms with Crippen molar-refractivity contribution < 1.29 is 19.1 Å². The molecule has 130 valence electrons. The first-order valence-corrected chi connectivity index (χ1v) is 8.00. The highest BCUT2D eigenvalue weighted by atomic mass is 19.1. The van der Waals surface area contributed by atoms with Crippen LogP contribution in [0.1, 0.15) is 15.9 Å². The predicted molar refractivity (Wildman–Crippen MR) is 97.6 cm³/mol. The van der Waals surface area contributed by atoms with Crippen LogP contribution in [0.25, 0.3) is 11.1 Å². The van der Waals surface area contributed by atoms with Crippen molar-refractivity contribution in [2.75, 3.05) is 5.32 Å². The number of anilines is 1. The van der Waals surface area contributed by atoms with E-state index in [0.717, 1.165) is 0 Å². The van der Waals surface area contributed by atoms with Crippen molar-refractivity contribution in [3.8, 4) is 11.1 Å². The molecule has 0 spiro atoms. The summed E-state index contributed by atoms with van der Waals surface area (Å²) in [6.07, 6.45) is -0.127. The van der Waals surface area contributed by atoms with Crippen LogP contribution in [0.2, 0.25) is 0 Å². The van der Waals surface area contributed by atoms with Crippen molar-refractivity contribution in [3.63, 3.8) is 0 Å². The van der Waals surface area contributed by atoms with Gasteiger partial charge in [-0.1, -0.05) is 42.5 Å². The second-order valence-corrected chi connectivity index (χ2v) is 5.79. The average Bonchev–Trinajstić information content (AvgIpc) is 2.62. The van der Waals surface area contributed by atoms with Crippen molar-refractivity contribution in [1.82, 2.24) is 0 Å². The zero-order valence-electron chi connectivity index (χ0n) is 13.8. The fourth-order valence-electron chi connectivity index (χ4n) is 2.64. The standard InChI is InChI=1S/C21H16FNO3/c22-19-10-9-16(13-18(19)15-6-2-1-3-7-15)21(26)23-17-8-4-5-14(11-17)12-20(24)25/h1-11,13H,12H2,(H,23,26)(H,24,25). The number of carboxylic acids is 1. The maximum absolute atomic E-state index is 14.1. The minimum absolute atomic E-state index is 0.127. The molecule has 0 aliphatic rings. The first kappa shape index (κ1) is 17.4. The molecule has 0 saturated carbocycles. The quantitative estimate of drug-likeness (QED) is 0.719. The van der Waals surface area contributed by atoms with E-state index in [1.54, 1.807) is 48.5 Å². The van der Waals surface area contributed by atoms with Gasteiger partial charge in [-0.2, -0.15) is 0 Å². The highest BCUT2D eigenvalue weighted by molar-refractivity contribution is 6.05. The molecule has 0 radical (unpaired) electrons. The number of carbonyl (C=O) groups is 2. The van der Waals surface area contributed by atoms with Gasteiger partial charge in [-0.25, -0.2) is 4.39 Å². The van der Waals surface area contributed by atoms with Crippen LogP contribution in [0.4, 0.5) is 10.1 Å². The van der Waals surface area contributed by atoms with Gasteiger partial charge in [0.05, 0.1) is 6.42 Å². The van der Waals surface area contributed by atoms with E-state index >= 15 is 0 Å². The van der Waals surface area contributed by atoms with Gasteiger partial charge in [-0.3, -0.25) is 9.59 Å². The van der Waals surface area contributed by atoms with Crippen molar-refractivity contribution in [1.29, 1.82) is 0 Å². The number of benzene rings is 3. The monoisotopic (exact) mass is 349 g/mol. The van der Waals surface area contributed by atoms with E-state index in [1.165, 1.54) is 18.2 Å². The summed E-state index contributed by atoms with van der Waals surface area (Å²) in [5.74, 6) is -1.75. The summed E-state index contributed by atoms with van der Waals surface area (Å²) in [5, 5.41) is 11.6. The zero-order valence-corrected chi connectivity index (χ0v) is 13.8.